The van der Waals surface area contributed by atoms with Crippen molar-refractivity contribution in [2.75, 3.05) is 0 Å². The quantitative estimate of drug-likeness (QED) is 0.0735. The predicted molar refractivity (Wildman–Crippen MR) is 208 cm³/mol. The first-order chi connectivity index (χ1) is 18.9. The average molecular weight is 673 g/mol. The van der Waals surface area contributed by atoms with Gasteiger partial charge in [-0.2, -0.15) is 11.1 Å². The second-order valence-corrected chi connectivity index (χ2v) is 24.7. The zero-order valence-electron chi connectivity index (χ0n) is 32.3. The molecular formula is C41H76Si2Ti. The second-order valence-electron chi connectivity index (χ2n) is 14.8. The van der Waals surface area contributed by atoms with Crippen LogP contribution in [-0.4, -0.2) is 16.1 Å². The van der Waals surface area contributed by atoms with Crippen molar-refractivity contribution >= 4 is 26.5 Å². The number of aryl methyl sites for hydroxylation is 1. The van der Waals surface area contributed by atoms with Gasteiger partial charge in [0, 0.05) is 0 Å². The van der Waals surface area contributed by atoms with Crippen LogP contribution in [0.25, 0.3) is 0 Å². The first-order valence-electron chi connectivity index (χ1n) is 17.3. The largest absolute Gasteiger partial charge is 4.00 e. The first-order valence-corrected chi connectivity index (χ1v) is 23.5. The Hall–Kier alpha value is -0.152. The molecule has 0 aromatic heterocycles. The zero-order valence-corrected chi connectivity index (χ0v) is 35.8. The monoisotopic (exact) mass is 672 g/mol. The van der Waals surface area contributed by atoms with E-state index in [9.17, 15) is 0 Å². The fourth-order valence-electron chi connectivity index (χ4n) is 7.01. The van der Waals surface area contributed by atoms with E-state index in [0.717, 1.165) is 0 Å². The van der Waals surface area contributed by atoms with Crippen LogP contribution in [0.5, 0.6) is 0 Å². The molecule has 44 heavy (non-hydrogen) atoms. The van der Waals surface area contributed by atoms with E-state index in [4.69, 9.17) is 0 Å². The molecule has 0 bridgehead atoms. The summed E-state index contributed by atoms with van der Waals surface area (Å²) < 4.78 is 0. The minimum absolute atomic E-state index is 0. The van der Waals surface area contributed by atoms with E-state index in [1.165, 1.54) is 125 Å². The molecule has 1 aliphatic rings. The van der Waals surface area contributed by atoms with Gasteiger partial charge in [-0.3, -0.25) is 6.08 Å². The van der Waals surface area contributed by atoms with E-state index in [2.05, 4.69) is 92.0 Å². The third kappa shape index (κ3) is 13.9. The van der Waals surface area contributed by atoms with E-state index in [1.54, 1.807) is 15.9 Å². The minimum Gasteiger partial charge on any atom is -0.358 e. The molecule has 0 spiro atoms. The van der Waals surface area contributed by atoms with Gasteiger partial charge < -0.3 is 22.3 Å². The molecule has 0 heterocycles. The van der Waals surface area contributed by atoms with Crippen molar-refractivity contribution in [3.63, 3.8) is 0 Å². The van der Waals surface area contributed by atoms with Crippen molar-refractivity contribution < 1.29 is 21.7 Å². The normalized spacial score (nSPS) is 17.5. The molecule has 3 heteroatoms. The van der Waals surface area contributed by atoms with Crippen LogP contribution in [0, 0.1) is 35.3 Å². The van der Waals surface area contributed by atoms with Crippen molar-refractivity contribution in [1.29, 1.82) is 0 Å². The molecule has 2 atom stereocenters. The summed E-state index contributed by atoms with van der Waals surface area (Å²) in [6.45, 7) is 24.4. The van der Waals surface area contributed by atoms with Crippen molar-refractivity contribution in [3.8, 4) is 0 Å². The molecule has 0 fully saturated rings. The molecule has 0 radical (unpaired) electrons. The summed E-state index contributed by atoms with van der Waals surface area (Å²) in [4.78, 5) is 0. The van der Waals surface area contributed by atoms with Crippen molar-refractivity contribution in [3.05, 3.63) is 68.8 Å². The molecular weight excluding hydrogens is 596 g/mol. The summed E-state index contributed by atoms with van der Waals surface area (Å²) in [5, 5.41) is 3.41. The fourth-order valence-corrected chi connectivity index (χ4v) is 13.2. The molecule has 0 saturated carbocycles. The molecule has 0 aliphatic heterocycles. The molecule has 2 unspecified atom stereocenters. The third-order valence-corrected chi connectivity index (χ3v) is 18.2. The van der Waals surface area contributed by atoms with Crippen LogP contribution in [0.15, 0.2) is 34.9 Å². The van der Waals surface area contributed by atoms with E-state index in [1.807, 2.05) is 0 Å². The number of rotatable bonds is 20. The number of hydrogen-bond acceptors (Lipinski definition) is 0. The molecule has 1 aromatic carbocycles. The van der Waals surface area contributed by atoms with Crippen LogP contribution in [0.3, 0.4) is 0 Å². The van der Waals surface area contributed by atoms with Crippen LogP contribution >= 0.6 is 0 Å². The Labute approximate surface area is 297 Å². The van der Waals surface area contributed by atoms with Gasteiger partial charge in [-0.1, -0.05) is 202 Å². The molecule has 0 saturated heterocycles. The van der Waals surface area contributed by atoms with Gasteiger partial charge in [-0.15, -0.1) is 6.92 Å². The second kappa shape index (κ2) is 23.2. The van der Waals surface area contributed by atoms with Gasteiger partial charge in [0.05, 0.1) is 16.1 Å². The fraction of sp³-hybridized carbons (Fsp3) is 0.683. The van der Waals surface area contributed by atoms with Gasteiger partial charge in [0.15, 0.2) is 0 Å². The Morgan fingerprint density at radius 2 is 0.977 bits per heavy atom. The summed E-state index contributed by atoms with van der Waals surface area (Å²) in [6.07, 6.45) is 27.1. The number of benzene rings is 1. The summed E-state index contributed by atoms with van der Waals surface area (Å²) in [5.74, 6) is 0. The summed E-state index contributed by atoms with van der Waals surface area (Å²) >= 11 is 0. The topological polar surface area (TPSA) is 0 Å². The third-order valence-electron chi connectivity index (χ3n) is 10.5. The van der Waals surface area contributed by atoms with Crippen LogP contribution in [0.1, 0.15) is 143 Å². The van der Waals surface area contributed by atoms with Crippen LogP contribution in [0.2, 0.25) is 37.3 Å². The van der Waals surface area contributed by atoms with Crippen LogP contribution in [-0.2, 0) is 21.7 Å². The summed E-state index contributed by atoms with van der Waals surface area (Å²) in [6, 6.07) is 9.07. The zero-order chi connectivity index (χ0) is 29.8. The summed E-state index contributed by atoms with van der Waals surface area (Å²) in [7, 11) is -3.25. The molecule has 0 N–H and O–H groups in total. The number of unbranched alkanes of at least 4 members (excludes halogenated alkanes) is 15. The van der Waals surface area contributed by atoms with Crippen molar-refractivity contribution in [1.82, 2.24) is 0 Å². The van der Waals surface area contributed by atoms with Crippen molar-refractivity contribution in [2.45, 2.75) is 182 Å². The van der Waals surface area contributed by atoms with Crippen LogP contribution in [0.4, 0.5) is 0 Å². The van der Waals surface area contributed by atoms with Gasteiger partial charge >= 0.3 is 21.7 Å². The minimum atomic E-state index is -1.88. The molecule has 252 valence electrons. The van der Waals surface area contributed by atoms with E-state index < -0.39 is 16.1 Å². The van der Waals surface area contributed by atoms with E-state index in [0.29, 0.717) is 0 Å². The number of hydrogen-bond donors (Lipinski definition) is 0. The molecule has 2 rings (SSSR count). The first kappa shape index (κ1) is 48.2. The maximum atomic E-state index is 4.07. The molecule has 0 amide bonds. The van der Waals surface area contributed by atoms with Crippen LogP contribution < -0.4 is 10.4 Å². The Morgan fingerprint density at radius 3 is 1.34 bits per heavy atom. The SMILES string of the molecule is CCCCCCCCCCCCCCCCCC[Si](C)(c1cc(C)cc([Si](C)(C)C)c1)C1(C)[C-]=C(C)C(C)=C1C.[CH3-].[CH3-].[CH3-].[Ti+4]. The van der Waals surface area contributed by atoms with Crippen molar-refractivity contribution in [2.24, 2.45) is 0 Å². The predicted octanol–water partition coefficient (Wildman–Crippen LogP) is 13.3. The maximum Gasteiger partial charge on any atom is 4.00 e. The maximum absolute atomic E-state index is 4.07. The van der Waals surface area contributed by atoms with Gasteiger partial charge in [-0.25, -0.2) is 5.57 Å². The average Bonchev–Trinajstić information content (AvgIpc) is 3.10. The Kier molecular flexibility index (Phi) is 25.5. The molecule has 1 aliphatic carbocycles. The Bertz CT molecular complexity index is 969. The molecule has 1 aromatic rings. The Balaban J connectivity index is -0.00000420. The van der Waals surface area contributed by atoms with Gasteiger partial charge in [0.1, 0.15) is 0 Å². The standard InChI is InChI=1S/C38H67Si2.3CH3.Ti/c1-11-12-13-14-15-16-17-18-19-20-21-22-23-24-25-26-27-40(10,38(6)31-33(3)34(4)35(38)5)37-29-32(2)28-36(30-37)39(7,8)9;;;;/h28-30H,11-27H2,1-10H3;3*1H3;/q4*-1;+4. The van der Waals surface area contributed by atoms with E-state index in [-0.39, 0.29) is 49.0 Å². The van der Waals surface area contributed by atoms with E-state index >= 15 is 0 Å². The number of allylic oxidation sites excluding steroid dienone is 4. The molecule has 0 nitrogen and oxygen atoms in total. The Morgan fingerprint density at radius 1 is 0.591 bits per heavy atom. The van der Waals surface area contributed by atoms with Gasteiger partial charge in [0.2, 0.25) is 0 Å². The summed E-state index contributed by atoms with van der Waals surface area (Å²) in [5.41, 5.74) is 5.93. The van der Waals surface area contributed by atoms with Gasteiger partial charge in [0.25, 0.3) is 0 Å². The smallest absolute Gasteiger partial charge is 0.358 e. The van der Waals surface area contributed by atoms with Gasteiger partial charge in [-0.05, 0) is 6.92 Å².